The first kappa shape index (κ1) is 24.3. The molecule has 8 nitrogen and oxygen atoms in total. The Hall–Kier alpha value is -3.78. The Morgan fingerprint density at radius 2 is 1.63 bits per heavy atom. The van der Waals surface area contributed by atoms with Crippen molar-refractivity contribution in [1.29, 1.82) is 0 Å². The molecule has 0 aliphatic carbocycles. The lowest BCUT2D eigenvalue weighted by atomic mass is 10.1. The number of piperazine rings is 1. The van der Waals surface area contributed by atoms with Crippen LogP contribution in [-0.2, 0) is 9.53 Å². The summed E-state index contributed by atoms with van der Waals surface area (Å²) in [5.74, 6) is 0.586. The summed E-state index contributed by atoms with van der Waals surface area (Å²) in [6, 6.07) is 21.3. The number of aryl methyl sites for hydroxylation is 1. The van der Waals surface area contributed by atoms with Gasteiger partial charge in [0.1, 0.15) is 6.54 Å². The molecule has 0 N–H and O–H groups in total. The average molecular weight is 474 g/mol. The predicted molar refractivity (Wildman–Crippen MR) is 135 cm³/mol. The quantitative estimate of drug-likeness (QED) is 0.501. The van der Waals surface area contributed by atoms with E-state index in [1.807, 2.05) is 72.5 Å². The van der Waals surface area contributed by atoms with Gasteiger partial charge in [-0.3, -0.25) is 9.59 Å². The van der Waals surface area contributed by atoms with Crippen molar-refractivity contribution >= 4 is 17.6 Å². The summed E-state index contributed by atoms with van der Waals surface area (Å²) < 4.78 is 5.18. The Kier molecular flexibility index (Phi) is 8.05. The van der Waals surface area contributed by atoms with Crippen LogP contribution in [-0.4, -0.2) is 84.8 Å². The molecule has 1 aliphatic rings. The number of carbonyl (C=O) groups is 2. The molecule has 1 saturated heterocycles. The van der Waals surface area contributed by atoms with Gasteiger partial charge < -0.3 is 19.4 Å². The number of aromatic nitrogens is 2. The van der Waals surface area contributed by atoms with Crippen molar-refractivity contribution in [1.82, 2.24) is 20.0 Å². The van der Waals surface area contributed by atoms with E-state index in [4.69, 9.17) is 4.74 Å². The highest BCUT2D eigenvalue weighted by Crippen LogP contribution is 2.19. The number of hydrogen-bond donors (Lipinski definition) is 0. The molecule has 35 heavy (non-hydrogen) atoms. The maximum Gasteiger partial charge on any atom is 0.254 e. The lowest BCUT2D eigenvalue weighted by Gasteiger charge is -2.36. The molecule has 0 saturated carbocycles. The van der Waals surface area contributed by atoms with Gasteiger partial charge in [-0.2, -0.15) is 0 Å². The van der Waals surface area contributed by atoms with Crippen LogP contribution in [0.25, 0.3) is 11.3 Å². The Bertz CT molecular complexity index is 1130. The van der Waals surface area contributed by atoms with Gasteiger partial charge in [0.15, 0.2) is 5.82 Å². The highest BCUT2D eigenvalue weighted by atomic mass is 16.5. The number of ether oxygens (including phenoxy) is 1. The molecule has 4 rings (SSSR count). The number of anilines is 1. The largest absolute Gasteiger partial charge is 0.383 e. The fourth-order valence-electron chi connectivity index (χ4n) is 4.14. The molecule has 182 valence electrons. The molecular formula is C27H31N5O3. The van der Waals surface area contributed by atoms with Gasteiger partial charge in [-0.1, -0.05) is 48.5 Å². The van der Waals surface area contributed by atoms with E-state index in [0.717, 1.165) is 22.6 Å². The van der Waals surface area contributed by atoms with Crippen LogP contribution in [0.5, 0.6) is 0 Å². The zero-order valence-electron chi connectivity index (χ0n) is 20.3. The second kappa shape index (κ2) is 11.6. The van der Waals surface area contributed by atoms with Gasteiger partial charge in [0.05, 0.1) is 12.3 Å². The normalized spacial score (nSPS) is 13.5. The third kappa shape index (κ3) is 6.02. The fraction of sp³-hybridized carbons (Fsp3) is 0.333. The molecule has 3 aromatic rings. The molecular weight excluding hydrogens is 442 g/mol. The minimum absolute atomic E-state index is 0.0299. The lowest BCUT2D eigenvalue weighted by molar-refractivity contribution is -0.132. The molecule has 1 aliphatic heterocycles. The van der Waals surface area contributed by atoms with Crippen molar-refractivity contribution in [2.45, 2.75) is 6.92 Å². The standard InChI is InChI=1S/C27H31N5O3/c1-21-8-6-7-11-23(21)27(34)32(18-19-35-2)20-26(33)31-16-14-30(15-17-31)25-13-12-24(28-29-25)22-9-4-3-5-10-22/h3-13H,14-20H2,1-2H3. The monoisotopic (exact) mass is 473 g/mol. The molecule has 2 heterocycles. The second-order valence-corrected chi connectivity index (χ2v) is 8.55. The van der Waals surface area contributed by atoms with Gasteiger partial charge in [-0.25, -0.2) is 0 Å². The predicted octanol–water partition coefficient (Wildman–Crippen LogP) is 2.89. The zero-order valence-corrected chi connectivity index (χ0v) is 20.3. The van der Waals surface area contributed by atoms with Gasteiger partial charge in [0, 0.05) is 51.0 Å². The van der Waals surface area contributed by atoms with E-state index in [1.54, 1.807) is 18.1 Å². The third-order valence-corrected chi connectivity index (χ3v) is 6.23. The molecule has 0 unspecified atom stereocenters. The third-order valence-electron chi connectivity index (χ3n) is 6.23. The summed E-state index contributed by atoms with van der Waals surface area (Å²) >= 11 is 0. The van der Waals surface area contributed by atoms with Gasteiger partial charge in [0.2, 0.25) is 5.91 Å². The number of carbonyl (C=O) groups excluding carboxylic acids is 2. The maximum absolute atomic E-state index is 13.1. The first-order chi connectivity index (χ1) is 17.1. The number of rotatable bonds is 8. The van der Waals surface area contributed by atoms with Crippen LogP contribution in [0.3, 0.4) is 0 Å². The van der Waals surface area contributed by atoms with Crippen molar-refractivity contribution < 1.29 is 14.3 Å². The molecule has 2 amide bonds. The molecule has 8 heteroatoms. The summed E-state index contributed by atoms with van der Waals surface area (Å²) in [4.78, 5) is 31.7. The van der Waals surface area contributed by atoms with E-state index in [1.165, 1.54) is 0 Å². The van der Waals surface area contributed by atoms with E-state index < -0.39 is 0 Å². The van der Waals surface area contributed by atoms with Gasteiger partial charge >= 0.3 is 0 Å². The minimum Gasteiger partial charge on any atom is -0.383 e. The van der Waals surface area contributed by atoms with Crippen LogP contribution in [0.4, 0.5) is 5.82 Å². The molecule has 0 spiro atoms. The number of methoxy groups -OCH3 is 1. The Morgan fingerprint density at radius 1 is 0.914 bits per heavy atom. The summed E-state index contributed by atoms with van der Waals surface area (Å²) in [6.45, 7) is 5.12. The van der Waals surface area contributed by atoms with Crippen molar-refractivity contribution in [3.05, 3.63) is 77.9 Å². The van der Waals surface area contributed by atoms with Crippen LogP contribution in [0.2, 0.25) is 0 Å². The highest BCUT2D eigenvalue weighted by Gasteiger charge is 2.26. The molecule has 0 atom stereocenters. The lowest BCUT2D eigenvalue weighted by Crippen LogP contribution is -2.52. The van der Waals surface area contributed by atoms with E-state index in [2.05, 4.69) is 15.1 Å². The number of hydrogen-bond acceptors (Lipinski definition) is 6. The van der Waals surface area contributed by atoms with Crippen LogP contribution in [0, 0.1) is 6.92 Å². The van der Waals surface area contributed by atoms with Crippen LogP contribution < -0.4 is 4.90 Å². The van der Waals surface area contributed by atoms with Crippen LogP contribution >= 0.6 is 0 Å². The van der Waals surface area contributed by atoms with Gasteiger partial charge in [-0.15, -0.1) is 10.2 Å². The van der Waals surface area contributed by atoms with E-state index in [9.17, 15) is 9.59 Å². The van der Waals surface area contributed by atoms with E-state index >= 15 is 0 Å². The Labute approximate surface area is 206 Å². The zero-order chi connectivity index (χ0) is 24.6. The maximum atomic E-state index is 13.1. The molecule has 1 fully saturated rings. The van der Waals surface area contributed by atoms with E-state index in [-0.39, 0.29) is 18.4 Å². The van der Waals surface area contributed by atoms with Crippen LogP contribution in [0.1, 0.15) is 15.9 Å². The SMILES string of the molecule is COCCN(CC(=O)N1CCN(c2ccc(-c3ccccc3)nn2)CC1)C(=O)c1ccccc1C. The molecule has 0 bridgehead atoms. The van der Waals surface area contributed by atoms with Crippen LogP contribution in [0.15, 0.2) is 66.7 Å². The summed E-state index contributed by atoms with van der Waals surface area (Å²) in [7, 11) is 1.59. The number of benzene rings is 2. The first-order valence-electron chi connectivity index (χ1n) is 11.8. The molecule has 0 radical (unpaired) electrons. The second-order valence-electron chi connectivity index (χ2n) is 8.55. The average Bonchev–Trinajstić information content (AvgIpc) is 2.91. The Morgan fingerprint density at radius 3 is 2.29 bits per heavy atom. The van der Waals surface area contributed by atoms with Gasteiger partial charge in [0.25, 0.3) is 5.91 Å². The number of amides is 2. The first-order valence-corrected chi connectivity index (χ1v) is 11.8. The number of nitrogens with zero attached hydrogens (tertiary/aromatic N) is 5. The smallest absolute Gasteiger partial charge is 0.254 e. The highest BCUT2D eigenvalue weighted by molar-refractivity contribution is 5.97. The van der Waals surface area contributed by atoms with Crippen molar-refractivity contribution in [2.24, 2.45) is 0 Å². The molecule has 2 aromatic carbocycles. The summed E-state index contributed by atoms with van der Waals surface area (Å²) in [6.07, 6.45) is 0. The summed E-state index contributed by atoms with van der Waals surface area (Å²) in [5, 5.41) is 8.77. The molecule has 1 aromatic heterocycles. The Balaban J connectivity index is 1.35. The van der Waals surface area contributed by atoms with Crippen molar-refractivity contribution in [2.75, 3.05) is 57.9 Å². The topological polar surface area (TPSA) is 78.9 Å². The fourth-order valence-corrected chi connectivity index (χ4v) is 4.14. The minimum atomic E-state index is -0.152. The summed E-state index contributed by atoms with van der Waals surface area (Å²) in [5.41, 5.74) is 3.36. The van der Waals surface area contributed by atoms with Gasteiger partial charge in [-0.05, 0) is 30.7 Å². The van der Waals surface area contributed by atoms with E-state index in [0.29, 0.717) is 44.9 Å². The van der Waals surface area contributed by atoms with Crippen molar-refractivity contribution in [3.63, 3.8) is 0 Å². The van der Waals surface area contributed by atoms with Crippen molar-refractivity contribution in [3.8, 4) is 11.3 Å².